The number of carbonyl (C=O) groups excluding carboxylic acids is 1. The van der Waals surface area contributed by atoms with Crippen molar-refractivity contribution >= 4 is 22.1 Å². The van der Waals surface area contributed by atoms with Gasteiger partial charge in [-0.15, -0.1) is 0 Å². The number of ether oxygens (including phenoxy) is 1. The van der Waals surface area contributed by atoms with Crippen LogP contribution in [0.3, 0.4) is 0 Å². The van der Waals surface area contributed by atoms with Gasteiger partial charge in [0.2, 0.25) is 0 Å². The largest absolute Gasteiger partial charge is 0.463 e. The lowest BCUT2D eigenvalue weighted by Gasteiger charge is -2.08. The summed E-state index contributed by atoms with van der Waals surface area (Å²) in [6.45, 7) is 1.97. The van der Waals surface area contributed by atoms with Crippen molar-refractivity contribution in [2.24, 2.45) is 0 Å². The topological polar surface area (TPSA) is 65.4 Å². The van der Waals surface area contributed by atoms with Crippen LogP contribution in [0, 0.1) is 0 Å². The van der Waals surface area contributed by atoms with Crippen LogP contribution in [0.1, 0.15) is 12.6 Å². The molecule has 0 N–H and O–H groups in total. The fourth-order valence-electron chi connectivity index (χ4n) is 1.78. The summed E-state index contributed by atoms with van der Waals surface area (Å²) in [4.78, 5) is 11.5. The highest BCUT2D eigenvalue weighted by Gasteiger charge is 2.17. The van der Waals surface area contributed by atoms with Crippen LogP contribution in [0.2, 0.25) is 0 Å². The Morgan fingerprint density at radius 2 is 1.90 bits per heavy atom. The van der Waals surface area contributed by atoms with Crippen LogP contribution < -0.4 is 0 Å². The van der Waals surface area contributed by atoms with Gasteiger partial charge in [-0.05, 0) is 37.3 Å². The Hall–Kier alpha value is -2.34. The molecule has 6 heteroatoms. The van der Waals surface area contributed by atoms with Gasteiger partial charge in [0.05, 0.1) is 17.2 Å². The molecular formula is C15H15NO4S. The molecule has 0 bridgehead atoms. The van der Waals surface area contributed by atoms with E-state index in [1.165, 1.54) is 30.5 Å². The summed E-state index contributed by atoms with van der Waals surface area (Å²) in [7, 11) is -3.67. The lowest BCUT2D eigenvalue weighted by Crippen LogP contribution is -2.13. The van der Waals surface area contributed by atoms with Gasteiger partial charge in [-0.25, -0.2) is 17.2 Å². The molecule has 1 aromatic heterocycles. The van der Waals surface area contributed by atoms with Crippen LogP contribution in [-0.2, 0) is 19.6 Å². The third kappa shape index (κ3) is 3.41. The van der Waals surface area contributed by atoms with Gasteiger partial charge < -0.3 is 4.74 Å². The molecule has 21 heavy (non-hydrogen) atoms. The second-order valence-electron chi connectivity index (χ2n) is 4.13. The summed E-state index contributed by atoms with van der Waals surface area (Å²) in [6, 6.07) is 11.3. The predicted octanol–water partition coefficient (Wildman–Crippen LogP) is 2.30. The first-order valence-corrected chi connectivity index (χ1v) is 7.82. The molecule has 2 aromatic rings. The molecule has 0 saturated carbocycles. The molecule has 0 radical (unpaired) electrons. The van der Waals surface area contributed by atoms with Crippen LogP contribution in [-0.4, -0.2) is 25.0 Å². The zero-order valence-corrected chi connectivity index (χ0v) is 12.3. The van der Waals surface area contributed by atoms with Crippen molar-refractivity contribution in [2.75, 3.05) is 6.61 Å². The fraction of sp³-hybridized carbons (Fsp3) is 0.133. The third-order valence-electron chi connectivity index (χ3n) is 2.72. The first-order valence-electron chi connectivity index (χ1n) is 6.38. The summed E-state index contributed by atoms with van der Waals surface area (Å²) in [5, 5.41) is 0. The Morgan fingerprint density at radius 1 is 1.19 bits per heavy atom. The van der Waals surface area contributed by atoms with Crippen LogP contribution >= 0.6 is 0 Å². The van der Waals surface area contributed by atoms with E-state index in [1.54, 1.807) is 37.3 Å². The summed E-state index contributed by atoms with van der Waals surface area (Å²) in [6.07, 6.45) is 4.06. The van der Waals surface area contributed by atoms with Crippen molar-refractivity contribution in [3.05, 3.63) is 60.4 Å². The molecule has 0 aliphatic heterocycles. The minimum absolute atomic E-state index is 0.187. The maximum Gasteiger partial charge on any atom is 0.330 e. The van der Waals surface area contributed by atoms with E-state index >= 15 is 0 Å². The molecule has 0 atom stereocenters. The monoisotopic (exact) mass is 305 g/mol. The van der Waals surface area contributed by atoms with Crippen molar-refractivity contribution in [1.29, 1.82) is 0 Å². The van der Waals surface area contributed by atoms with Gasteiger partial charge in [0.15, 0.2) is 0 Å². The van der Waals surface area contributed by atoms with Gasteiger partial charge in [-0.2, -0.15) is 0 Å². The normalized spacial score (nSPS) is 11.7. The molecule has 0 saturated heterocycles. The van der Waals surface area contributed by atoms with E-state index in [9.17, 15) is 13.2 Å². The van der Waals surface area contributed by atoms with E-state index in [1.807, 2.05) is 0 Å². The Labute approximate surface area is 123 Å². The standard InChI is InChI=1S/C15H15NO4S/c1-2-20-15(17)11-10-13-7-6-12-16(13)21(18,19)14-8-4-3-5-9-14/h3-12H,2H2,1H3. The number of hydrogen-bond donors (Lipinski definition) is 0. The first-order chi connectivity index (χ1) is 10.1. The highest BCUT2D eigenvalue weighted by Crippen LogP contribution is 2.17. The Kier molecular flexibility index (Phi) is 4.59. The van der Waals surface area contributed by atoms with E-state index in [2.05, 4.69) is 0 Å². The van der Waals surface area contributed by atoms with Crippen LogP contribution in [0.15, 0.2) is 59.6 Å². The van der Waals surface area contributed by atoms with Gasteiger partial charge >= 0.3 is 5.97 Å². The SMILES string of the molecule is CCOC(=O)C=Cc1cccn1S(=O)(=O)c1ccccc1. The molecule has 0 amide bonds. The van der Waals surface area contributed by atoms with Gasteiger partial charge in [-0.1, -0.05) is 18.2 Å². The van der Waals surface area contributed by atoms with Crippen LogP contribution in [0.5, 0.6) is 0 Å². The number of nitrogens with zero attached hydrogens (tertiary/aromatic N) is 1. The van der Waals surface area contributed by atoms with Gasteiger partial charge in [0, 0.05) is 12.3 Å². The predicted molar refractivity (Wildman–Crippen MR) is 79.1 cm³/mol. The average molecular weight is 305 g/mol. The van der Waals surface area contributed by atoms with Crippen molar-refractivity contribution < 1.29 is 17.9 Å². The summed E-state index contributed by atoms with van der Waals surface area (Å²) in [5.41, 5.74) is 0.381. The molecule has 0 unspecified atom stereocenters. The molecule has 0 aliphatic rings. The maximum absolute atomic E-state index is 12.5. The third-order valence-corrected chi connectivity index (χ3v) is 4.44. The van der Waals surface area contributed by atoms with Gasteiger partial charge in [-0.3, -0.25) is 0 Å². The van der Waals surface area contributed by atoms with Crippen molar-refractivity contribution in [3.8, 4) is 0 Å². The second-order valence-corrected chi connectivity index (χ2v) is 5.95. The van der Waals surface area contributed by atoms with Crippen LogP contribution in [0.4, 0.5) is 0 Å². The summed E-state index contributed by atoms with van der Waals surface area (Å²) >= 11 is 0. The van der Waals surface area contributed by atoms with E-state index in [0.29, 0.717) is 5.69 Å². The minimum atomic E-state index is -3.67. The van der Waals surface area contributed by atoms with E-state index in [4.69, 9.17) is 4.74 Å². The van der Waals surface area contributed by atoms with Crippen LogP contribution in [0.25, 0.3) is 6.08 Å². The zero-order chi connectivity index (χ0) is 15.3. The Balaban J connectivity index is 2.35. The second kappa shape index (κ2) is 6.41. The smallest absolute Gasteiger partial charge is 0.330 e. The summed E-state index contributed by atoms with van der Waals surface area (Å²) < 4.78 is 30.9. The fourth-order valence-corrected chi connectivity index (χ4v) is 3.14. The molecule has 5 nitrogen and oxygen atoms in total. The van der Waals surface area contributed by atoms with Gasteiger partial charge in [0.25, 0.3) is 10.0 Å². The number of aromatic nitrogens is 1. The summed E-state index contributed by atoms with van der Waals surface area (Å²) in [5.74, 6) is -0.512. The number of rotatable bonds is 5. The Bertz CT molecular complexity index is 745. The lowest BCUT2D eigenvalue weighted by molar-refractivity contribution is -0.137. The molecular weight excluding hydrogens is 290 g/mol. The Morgan fingerprint density at radius 3 is 2.57 bits per heavy atom. The molecule has 1 heterocycles. The zero-order valence-electron chi connectivity index (χ0n) is 11.5. The van der Waals surface area contributed by atoms with Gasteiger partial charge in [0.1, 0.15) is 0 Å². The number of benzene rings is 1. The van der Waals surface area contributed by atoms with Crippen molar-refractivity contribution in [2.45, 2.75) is 11.8 Å². The van der Waals surface area contributed by atoms with E-state index in [0.717, 1.165) is 3.97 Å². The highest BCUT2D eigenvalue weighted by molar-refractivity contribution is 7.90. The first kappa shape index (κ1) is 15.1. The maximum atomic E-state index is 12.5. The minimum Gasteiger partial charge on any atom is -0.463 e. The molecule has 0 spiro atoms. The lowest BCUT2D eigenvalue weighted by atomic mass is 10.4. The average Bonchev–Trinajstić information content (AvgIpc) is 2.95. The molecule has 0 aliphatic carbocycles. The van der Waals surface area contributed by atoms with E-state index in [-0.39, 0.29) is 11.5 Å². The molecule has 2 rings (SSSR count). The van der Waals surface area contributed by atoms with Crippen molar-refractivity contribution in [1.82, 2.24) is 3.97 Å². The van der Waals surface area contributed by atoms with Crippen molar-refractivity contribution in [3.63, 3.8) is 0 Å². The molecule has 1 aromatic carbocycles. The quantitative estimate of drug-likeness (QED) is 0.628. The molecule has 110 valence electrons. The van der Waals surface area contributed by atoms with E-state index < -0.39 is 16.0 Å². The molecule has 0 fully saturated rings. The number of hydrogen-bond acceptors (Lipinski definition) is 4. The number of carbonyl (C=O) groups is 1. The number of esters is 1. The highest BCUT2D eigenvalue weighted by atomic mass is 32.2.